The predicted molar refractivity (Wildman–Crippen MR) is 96.5 cm³/mol. The highest BCUT2D eigenvalue weighted by atomic mass is 35.5. The molecule has 2 aromatic carbocycles. The molecule has 0 saturated heterocycles. The van der Waals surface area contributed by atoms with Crippen molar-refractivity contribution in [2.24, 2.45) is 0 Å². The van der Waals surface area contributed by atoms with Crippen LogP contribution in [-0.4, -0.2) is 24.7 Å². The Morgan fingerprint density at radius 2 is 1.92 bits per heavy atom. The van der Waals surface area contributed by atoms with Gasteiger partial charge in [0.1, 0.15) is 0 Å². The summed E-state index contributed by atoms with van der Waals surface area (Å²) in [5.74, 6) is -0.977. The van der Waals surface area contributed by atoms with Crippen molar-refractivity contribution in [1.29, 1.82) is 0 Å². The highest BCUT2D eigenvalue weighted by Gasteiger charge is 2.16. The zero-order valence-corrected chi connectivity index (χ0v) is 15.0. The van der Waals surface area contributed by atoms with E-state index in [1.807, 2.05) is 49.6 Å². The number of hydrogen-bond acceptors (Lipinski definition) is 4. The lowest BCUT2D eigenvalue weighted by Gasteiger charge is -2.14. The van der Waals surface area contributed by atoms with Gasteiger partial charge in [-0.2, -0.15) is 0 Å². The fourth-order valence-electron chi connectivity index (χ4n) is 2.10. The van der Waals surface area contributed by atoms with Crippen molar-refractivity contribution >= 4 is 35.2 Å². The Bertz CT molecular complexity index is 721. The van der Waals surface area contributed by atoms with Crippen LogP contribution in [0.2, 0.25) is 5.02 Å². The number of benzene rings is 2. The molecule has 2 aromatic rings. The van der Waals surface area contributed by atoms with E-state index in [2.05, 4.69) is 5.32 Å². The average Bonchev–Trinajstić information content (AvgIpc) is 2.60. The van der Waals surface area contributed by atoms with Crippen LogP contribution in [0.4, 0.5) is 0 Å². The topological polar surface area (TPSA) is 55.4 Å². The van der Waals surface area contributed by atoms with Crippen molar-refractivity contribution in [3.05, 3.63) is 64.7 Å². The summed E-state index contributed by atoms with van der Waals surface area (Å²) >= 11 is 7.51. The van der Waals surface area contributed by atoms with Gasteiger partial charge in [0.2, 0.25) is 0 Å². The van der Waals surface area contributed by atoms with Crippen LogP contribution in [0.1, 0.15) is 28.9 Å². The monoisotopic (exact) mass is 363 g/mol. The van der Waals surface area contributed by atoms with Crippen molar-refractivity contribution in [2.45, 2.75) is 17.9 Å². The second-order valence-corrected chi connectivity index (χ2v) is 6.41. The smallest absolute Gasteiger partial charge is 0.340 e. The van der Waals surface area contributed by atoms with Crippen molar-refractivity contribution in [3.63, 3.8) is 0 Å². The Morgan fingerprint density at radius 3 is 2.58 bits per heavy atom. The predicted octanol–water partition coefficient (Wildman–Crippen LogP) is 4.10. The maximum absolute atomic E-state index is 12.1. The number of rotatable bonds is 6. The van der Waals surface area contributed by atoms with Gasteiger partial charge in [0.15, 0.2) is 6.61 Å². The van der Waals surface area contributed by atoms with E-state index in [1.54, 1.807) is 12.1 Å². The first-order chi connectivity index (χ1) is 11.5. The molecule has 1 amide bonds. The first-order valence-corrected chi connectivity index (χ1v) is 8.96. The number of carbonyl (C=O) groups excluding carboxylic acids is 2. The first kappa shape index (κ1) is 18.4. The Labute approximate surface area is 150 Å². The summed E-state index contributed by atoms with van der Waals surface area (Å²) in [6.07, 6.45) is 1.90. The molecule has 126 valence electrons. The Hall–Kier alpha value is -1.98. The fourth-order valence-corrected chi connectivity index (χ4v) is 2.74. The third-order valence-electron chi connectivity index (χ3n) is 3.40. The average molecular weight is 364 g/mol. The van der Waals surface area contributed by atoms with Crippen LogP contribution >= 0.6 is 23.4 Å². The number of amides is 1. The molecule has 1 atom stereocenters. The molecule has 0 radical (unpaired) electrons. The van der Waals surface area contributed by atoms with E-state index in [-0.39, 0.29) is 24.1 Å². The number of hydrogen-bond donors (Lipinski definition) is 1. The van der Waals surface area contributed by atoms with Crippen LogP contribution in [0.3, 0.4) is 0 Å². The maximum Gasteiger partial charge on any atom is 0.340 e. The van der Waals surface area contributed by atoms with Crippen molar-refractivity contribution < 1.29 is 14.3 Å². The lowest BCUT2D eigenvalue weighted by molar-refractivity contribution is -0.124. The molecule has 6 heteroatoms. The molecule has 0 aliphatic rings. The van der Waals surface area contributed by atoms with Gasteiger partial charge in [-0.25, -0.2) is 4.79 Å². The highest BCUT2D eigenvalue weighted by molar-refractivity contribution is 7.98. The number of nitrogens with one attached hydrogen (secondary N) is 1. The van der Waals surface area contributed by atoms with E-state index < -0.39 is 5.97 Å². The molecule has 0 bridgehead atoms. The van der Waals surface area contributed by atoms with Gasteiger partial charge >= 0.3 is 5.97 Å². The van der Waals surface area contributed by atoms with Crippen LogP contribution in [0, 0.1) is 0 Å². The van der Waals surface area contributed by atoms with E-state index in [1.165, 1.54) is 11.8 Å². The maximum atomic E-state index is 12.1. The van der Waals surface area contributed by atoms with Crippen molar-refractivity contribution in [2.75, 3.05) is 12.9 Å². The van der Waals surface area contributed by atoms with Gasteiger partial charge in [-0.05, 0) is 36.9 Å². The lowest BCUT2D eigenvalue weighted by atomic mass is 10.1. The number of ether oxygens (including phenoxy) is 1. The quantitative estimate of drug-likeness (QED) is 0.620. The summed E-state index contributed by atoms with van der Waals surface area (Å²) in [7, 11) is 0. The second-order valence-electron chi connectivity index (χ2n) is 5.12. The molecule has 24 heavy (non-hydrogen) atoms. The minimum Gasteiger partial charge on any atom is -0.452 e. The molecular formula is C18H18ClNO3S. The Balaban J connectivity index is 1.91. The number of halogens is 1. The van der Waals surface area contributed by atoms with Crippen LogP contribution in [0.15, 0.2) is 53.4 Å². The Morgan fingerprint density at radius 1 is 1.21 bits per heavy atom. The highest BCUT2D eigenvalue weighted by Crippen LogP contribution is 2.23. The fraction of sp³-hybridized carbons (Fsp3) is 0.222. The largest absolute Gasteiger partial charge is 0.452 e. The molecule has 4 nitrogen and oxygen atoms in total. The zero-order chi connectivity index (χ0) is 17.5. The normalized spacial score (nSPS) is 11.6. The van der Waals surface area contributed by atoms with Gasteiger partial charge in [0.05, 0.1) is 16.6 Å². The summed E-state index contributed by atoms with van der Waals surface area (Å²) in [5.41, 5.74) is 1.24. The van der Waals surface area contributed by atoms with Gasteiger partial charge < -0.3 is 10.1 Å². The third kappa shape index (κ3) is 5.01. The molecule has 0 spiro atoms. The van der Waals surface area contributed by atoms with E-state index in [4.69, 9.17) is 16.3 Å². The molecule has 1 N–H and O–H groups in total. The van der Waals surface area contributed by atoms with E-state index >= 15 is 0 Å². The number of carbonyl (C=O) groups is 2. The van der Waals surface area contributed by atoms with E-state index in [9.17, 15) is 9.59 Å². The Kier molecular flexibility index (Phi) is 6.70. The molecular weight excluding hydrogens is 346 g/mol. The SMILES string of the molecule is CSc1ccc(Cl)c(C(=O)OCC(=O)N[C@@H](C)c2ccccc2)c1. The molecule has 0 unspecified atom stereocenters. The number of esters is 1. The van der Waals surface area contributed by atoms with Crippen LogP contribution in [0.25, 0.3) is 0 Å². The first-order valence-electron chi connectivity index (χ1n) is 7.36. The summed E-state index contributed by atoms with van der Waals surface area (Å²) < 4.78 is 5.06. The minimum absolute atomic E-state index is 0.166. The molecule has 0 aliphatic heterocycles. The van der Waals surface area contributed by atoms with Crippen LogP contribution in [0.5, 0.6) is 0 Å². The van der Waals surface area contributed by atoms with E-state index in [0.29, 0.717) is 5.02 Å². The van der Waals surface area contributed by atoms with E-state index in [0.717, 1.165) is 10.5 Å². The summed E-state index contributed by atoms with van der Waals surface area (Å²) in [4.78, 5) is 24.9. The standard InChI is InChI=1S/C18H18ClNO3S/c1-12(13-6-4-3-5-7-13)20-17(21)11-23-18(22)15-10-14(24-2)8-9-16(15)19/h3-10,12H,11H2,1-2H3,(H,20,21)/t12-/m0/s1. The number of thioether (sulfide) groups is 1. The molecule has 0 fully saturated rings. The zero-order valence-electron chi connectivity index (χ0n) is 13.4. The van der Waals surface area contributed by atoms with Crippen LogP contribution < -0.4 is 5.32 Å². The molecule has 2 rings (SSSR count). The summed E-state index contributed by atoms with van der Waals surface area (Å²) in [5, 5.41) is 3.09. The summed E-state index contributed by atoms with van der Waals surface area (Å²) in [6, 6.07) is 14.5. The van der Waals surface area contributed by atoms with Crippen LogP contribution in [-0.2, 0) is 9.53 Å². The van der Waals surface area contributed by atoms with Gasteiger partial charge in [-0.3, -0.25) is 4.79 Å². The lowest BCUT2D eigenvalue weighted by Crippen LogP contribution is -2.31. The third-order valence-corrected chi connectivity index (χ3v) is 4.46. The molecule has 0 aromatic heterocycles. The van der Waals surface area contributed by atoms with Gasteiger partial charge in [-0.15, -0.1) is 11.8 Å². The molecule has 0 saturated carbocycles. The second kappa shape index (κ2) is 8.76. The summed E-state index contributed by atoms with van der Waals surface area (Å²) in [6.45, 7) is 1.52. The van der Waals surface area contributed by atoms with Gasteiger partial charge in [0.25, 0.3) is 5.91 Å². The van der Waals surface area contributed by atoms with Crippen molar-refractivity contribution in [3.8, 4) is 0 Å². The molecule has 0 aliphatic carbocycles. The molecule has 0 heterocycles. The minimum atomic E-state index is -0.613. The van der Waals surface area contributed by atoms with Gasteiger partial charge in [0, 0.05) is 4.90 Å². The van der Waals surface area contributed by atoms with Gasteiger partial charge in [-0.1, -0.05) is 41.9 Å². The van der Waals surface area contributed by atoms with Crippen molar-refractivity contribution in [1.82, 2.24) is 5.32 Å².